The Bertz CT molecular complexity index is 1180. The topological polar surface area (TPSA) is 117 Å². The van der Waals surface area contributed by atoms with E-state index in [4.69, 9.17) is 4.52 Å². The molecule has 0 aliphatic carbocycles. The molecule has 0 radical (unpaired) electrons. The minimum absolute atomic E-state index is 0.288. The van der Waals surface area contributed by atoms with E-state index in [-0.39, 0.29) is 17.5 Å². The van der Waals surface area contributed by atoms with Gasteiger partial charge in [0.05, 0.1) is 16.6 Å². The van der Waals surface area contributed by atoms with Crippen LogP contribution in [0.3, 0.4) is 0 Å². The van der Waals surface area contributed by atoms with Crippen LogP contribution in [-0.2, 0) is 0 Å². The first kappa shape index (κ1) is 17.2. The molecule has 4 rings (SSSR count). The van der Waals surface area contributed by atoms with Crippen molar-refractivity contribution in [3.8, 4) is 11.4 Å². The molecule has 0 spiro atoms. The number of nitrogens with one attached hydrogen (secondary N) is 3. The Morgan fingerprint density at radius 1 is 1.19 bits per heavy atom. The first-order valence-corrected chi connectivity index (χ1v) is 8.92. The number of hydrogen-bond acceptors (Lipinski definition) is 5. The van der Waals surface area contributed by atoms with E-state index in [0.717, 1.165) is 10.0 Å². The fourth-order valence-corrected chi connectivity index (χ4v) is 2.98. The molecule has 2 heterocycles. The molecule has 0 fully saturated rings. The maximum Gasteiger partial charge on any atom is 0.323 e. The normalized spacial score (nSPS) is 12.2. The number of aromatic nitrogens is 4. The Labute approximate surface area is 161 Å². The molecule has 0 bridgehead atoms. The van der Waals surface area contributed by atoms with Crippen molar-refractivity contribution in [1.82, 2.24) is 25.4 Å². The molecule has 0 aliphatic heterocycles. The number of halogens is 1. The summed E-state index contributed by atoms with van der Waals surface area (Å²) in [6, 6.07) is 12.0. The second kappa shape index (κ2) is 6.84. The molecule has 136 valence electrons. The smallest absolute Gasteiger partial charge is 0.323 e. The van der Waals surface area contributed by atoms with E-state index in [1.54, 1.807) is 25.1 Å². The second-order valence-electron chi connectivity index (χ2n) is 5.97. The predicted octanol–water partition coefficient (Wildman–Crippen LogP) is 3.16. The van der Waals surface area contributed by atoms with Crippen molar-refractivity contribution in [2.45, 2.75) is 13.0 Å². The molecule has 2 aromatic carbocycles. The first-order valence-electron chi connectivity index (χ1n) is 8.12. The number of para-hydroxylation sites is 1. The summed E-state index contributed by atoms with van der Waals surface area (Å²) in [6.07, 6.45) is 0. The molecule has 9 heteroatoms. The van der Waals surface area contributed by atoms with Crippen LogP contribution in [0, 0.1) is 0 Å². The average Bonchev–Trinajstić information content (AvgIpc) is 3.27. The minimum Gasteiger partial charge on any atom is -0.340 e. The van der Waals surface area contributed by atoms with E-state index >= 15 is 0 Å². The van der Waals surface area contributed by atoms with Gasteiger partial charge in [0, 0.05) is 10.0 Å². The summed E-state index contributed by atoms with van der Waals surface area (Å²) in [5.74, 6) is 0.374. The summed E-state index contributed by atoms with van der Waals surface area (Å²) in [4.78, 5) is 33.7. The monoisotopic (exact) mass is 427 g/mol. The van der Waals surface area contributed by atoms with Gasteiger partial charge < -0.3 is 19.8 Å². The summed E-state index contributed by atoms with van der Waals surface area (Å²) >= 11 is 3.38. The lowest BCUT2D eigenvalue weighted by atomic mass is 10.1. The molecular formula is C18H14BrN5O3. The Kier molecular flexibility index (Phi) is 4.36. The number of benzene rings is 2. The lowest BCUT2D eigenvalue weighted by molar-refractivity contribution is 0.0934. The fourth-order valence-electron chi connectivity index (χ4n) is 2.71. The van der Waals surface area contributed by atoms with Crippen LogP contribution in [0.25, 0.3) is 22.4 Å². The van der Waals surface area contributed by atoms with Crippen LogP contribution in [0.1, 0.15) is 29.2 Å². The SMILES string of the molecule is CC(NC(=O)c1cccc2[nH]c(=O)[nH]c12)c1nc(-c2ccc(Br)cc2)no1. The number of H-pyrrole nitrogens is 2. The third-order valence-electron chi connectivity index (χ3n) is 4.06. The van der Waals surface area contributed by atoms with Crippen molar-refractivity contribution in [3.05, 3.63) is 68.9 Å². The van der Waals surface area contributed by atoms with Gasteiger partial charge in [0.1, 0.15) is 6.04 Å². The van der Waals surface area contributed by atoms with Gasteiger partial charge in [-0.3, -0.25) is 4.79 Å². The van der Waals surface area contributed by atoms with Crippen LogP contribution < -0.4 is 11.0 Å². The number of carbonyl (C=O) groups is 1. The molecule has 1 unspecified atom stereocenters. The van der Waals surface area contributed by atoms with Gasteiger partial charge in [-0.05, 0) is 43.3 Å². The number of amides is 1. The van der Waals surface area contributed by atoms with Crippen LogP contribution in [0.4, 0.5) is 0 Å². The van der Waals surface area contributed by atoms with E-state index < -0.39 is 6.04 Å². The van der Waals surface area contributed by atoms with Crippen LogP contribution in [0.15, 0.2) is 56.3 Å². The Hall–Kier alpha value is -3.20. The number of hydrogen-bond donors (Lipinski definition) is 3. The third-order valence-corrected chi connectivity index (χ3v) is 4.59. The van der Waals surface area contributed by atoms with Crippen molar-refractivity contribution in [2.24, 2.45) is 0 Å². The summed E-state index contributed by atoms with van der Waals surface area (Å²) in [7, 11) is 0. The van der Waals surface area contributed by atoms with Gasteiger partial charge in [-0.2, -0.15) is 4.98 Å². The quantitative estimate of drug-likeness (QED) is 0.462. The van der Waals surface area contributed by atoms with Gasteiger partial charge in [-0.15, -0.1) is 0 Å². The van der Waals surface area contributed by atoms with E-state index in [1.807, 2.05) is 24.3 Å². The van der Waals surface area contributed by atoms with Crippen LogP contribution in [-0.4, -0.2) is 26.0 Å². The Morgan fingerprint density at radius 2 is 1.96 bits per heavy atom. The van der Waals surface area contributed by atoms with E-state index in [1.165, 1.54) is 0 Å². The van der Waals surface area contributed by atoms with Gasteiger partial charge in [0.25, 0.3) is 5.91 Å². The average molecular weight is 428 g/mol. The maximum atomic E-state index is 12.6. The number of nitrogens with zero attached hydrogens (tertiary/aromatic N) is 2. The highest BCUT2D eigenvalue weighted by Gasteiger charge is 2.20. The van der Waals surface area contributed by atoms with E-state index in [9.17, 15) is 9.59 Å². The van der Waals surface area contributed by atoms with Crippen molar-refractivity contribution in [2.75, 3.05) is 0 Å². The molecule has 27 heavy (non-hydrogen) atoms. The third kappa shape index (κ3) is 3.41. The van der Waals surface area contributed by atoms with Gasteiger partial charge in [0.2, 0.25) is 11.7 Å². The number of aromatic amines is 2. The minimum atomic E-state index is -0.505. The van der Waals surface area contributed by atoms with Gasteiger partial charge in [-0.1, -0.05) is 27.2 Å². The highest BCUT2D eigenvalue weighted by Crippen LogP contribution is 2.21. The van der Waals surface area contributed by atoms with E-state index in [2.05, 4.69) is 41.4 Å². The zero-order valence-electron chi connectivity index (χ0n) is 14.1. The van der Waals surface area contributed by atoms with Crippen LogP contribution in [0.5, 0.6) is 0 Å². The number of fused-ring (bicyclic) bond motifs is 1. The molecule has 2 aromatic heterocycles. The predicted molar refractivity (Wildman–Crippen MR) is 102 cm³/mol. The maximum absolute atomic E-state index is 12.6. The molecule has 1 amide bonds. The highest BCUT2D eigenvalue weighted by atomic mass is 79.9. The molecule has 4 aromatic rings. The van der Waals surface area contributed by atoms with Gasteiger partial charge in [-0.25, -0.2) is 4.79 Å². The summed E-state index contributed by atoms with van der Waals surface area (Å²) in [5.41, 5.74) is 1.81. The number of imidazole rings is 1. The lowest BCUT2D eigenvalue weighted by Crippen LogP contribution is -2.27. The molecule has 0 saturated carbocycles. The molecule has 0 aliphatic rings. The van der Waals surface area contributed by atoms with Crippen LogP contribution in [0.2, 0.25) is 0 Å². The number of carbonyl (C=O) groups excluding carboxylic acids is 1. The number of rotatable bonds is 4. The zero-order valence-corrected chi connectivity index (χ0v) is 15.7. The largest absolute Gasteiger partial charge is 0.340 e. The van der Waals surface area contributed by atoms with Crippen molar-refractivity contribution < 1.29 is 9.32 Å². The highest BCUT2D eigenvalue weighted by molar-refractivity contribution is 9.10. The van der Waals surface area contributed by atoms with Gasteiger partial charge >= 0.3 is 5.69 Å². The van der Waals surface area contributed by atoms with Crippen molar-refractivity contribution in [3.63, 3.8) is 0 Å². The van der Waals surface area contributed by atoms with Crippen LogP contribution >= 0.6 is 15.9 Å². The molecule has 0 saturated heterocycles. The van der Waals surface area contributed by atoms with Gasteiger partial charge in [0.15, 0.2) is 0 Å². The summed E-state index contributed by atoms with van der Waals surface area (Å²) < 4.78 is 6.24. The lowest BCUT2D eigenvalue weighted by Gasteiger charge is -2.10. The zero-order chi connectivity index (χ0) is 19.0. The summed E-state index contributed by atoms with van der Waals surface area (Å²) in [6.45, 7) is 1.75. The van der Waals surface area contributed by atoms with E-state index in [0.29, 0.717) is 22.4 Å². The van der Waals surface area contributed by atoms with Crippen molar-refractivity contribution in [1.29, 1.82) is 0 Å². The second-order valence-corrected chi connectivity index (χ2v) is 6.88. The Morgan fingerprint density at radius 3 is 2.74 bits per heavy atom. The molecule has 8 nitrogen and oxygen atoms in total. The Balaban J connectivity index is 1.55. The molecule has 1 atom stereocenters. The molecule has 3 N–H and O–H groups in total. The van der Waals surface area contributed by atoms with Crippen molar-refractivity contribution >= 4 is 32.9 Å². The summed E-state index contributed by atoms with van der Waals surface area (Å²) in [5, 5.41) is 6.77. The first-order chi connectivity index (χ1) is 13.0. The molecular weight excluding hydrogens is 414 g/mol. The standard InChI is InChI=1S/C18H14BrN5O3/c1-9(17-23-15(24-27-17)10-5-7-11(19)8-6-10)20-16(25)12-3-2-4-13-14(12)22-18(26)21-13/h2-9H,1H3,(H,20,25)(H2,21,22,26). The fraction of sp³-hybridized carbons (Fsp3) is 0.111.